The van der Waals surface area contributed by atoms with Crippen molar-refractivity contribution in [2.75, 3.05) is 39.8 Å². The number of rotatable bonds is 6. The summed E-state index contributed by atoms with van der Waals surface area (Å²) in [6, 6.07) is 12.1. The number of nitrogens with one attached hydrogen (secondary N) is 1. The van der Waals surface area contributed by atoms with Gasteiger partial charge in [-0.25, -0.2) is 0 Å². The van der Waals surface area contributed by atoms with Gasteiger partial charge < -0.3 is 5.32 Å². The minimum absolute atomic E-state index is 0.500. The Morgan fingerprint density at radius 2 is 1.65 bits per heavy atom. The van der Waals surface area contributed by atoms with Gasteiger partial charge in [-0.3, -0.25) is 9.80 Å². The average molecular weight is 275 g/mol. The van der Waals surface area contributed by atoms with Gasteiger partial charge in [0.1, 0.15) is 0 Å². The second kappa shape index (κ2) is 7.77. The maximum absolute atomic E-state index is 3.35. The molecule has 20 heavy (non-hydrogen) atoms. The number of hydrogen-bond donors (Lipinski definition) is 1. The first-order valence-corrected chi connectivity index (χ1v) is 7.94. The third-order valence-electron chi connectivity index (χ3n) is 4.59. The van der Waals surface area contributed by atoms with E-state index < -0.39 is 0 Å². The fraction of sp³-hybridized carbons (Fsp3) is 0.647. The average Bonchev–Trinajstić information content (AvgIpc) is 2.53. The van der Waals surface area contributed by atoms with Crippen LogP contribution in [0, 0.1) is 0 Å². The van der Waals surface area contributed by atoms with E-state index in [1.807, 2.05) is 7.05 Å². The van der Waals surface area contributed by atoms with Crippen LogP contribution >= 0.6 is 0 Å². The van der Waals surface area contributed by atoms with Crippen molar-refractivity contribution in [2.45, 2.75) is 32.4 Å². The van der Waals surface area contributed by atoms with Crippen LogP contribution in [0.5, 0.6) is 0 Å². The van der Waals surface area contributed by atoms with Crippen molar-refractivity contribution in [3.8, 4) is 0 Å². The monoisotopic (exact) mass is 275 g/mol. The molecule has 0 aliphatic carbocycles. The largest absolute Gasteiger partial charge is 0.318 e. The van der Waals surface area contributed by atoms with Crippen LogP contribution in [0.15, 0.2) is 30.3 Å². The standard InChI is InChI=1S/C17H29N3/c1-4-15(2)19-10-12-20(13-11-19)17(14-18-3)16-8-6-5-7-9-16/h5-9,15,17-18H,4,10-14H2,1-3H3. The topological polar surface area (TPSA) is 18.5 Å². The smallest absolute Gasteiger partial charge is 0.0473 e. The third kappa shape index (κ3) is 3.81. The van der Waals surface area contributed by atoms with Gasteiger partial charge in [0.15, 0.2) is 0 Å². The van der Waals surface area contributed by atoms with Gasteiger partial charge in [0.25, 0.3) is 0 Å². The highest BCUT2D eigenvalue weighted by molar-refractivity contribution is 5.19. The number of nitrogens with zero attached hydrogens (tertiary/aromatic N) is 2. The van der Waals surface area contributed by atoms with Crippen LogP contribution in [-0.4, -0.2) is 55.6 Å². The Bertz CT molecular complexity index is 371. The summed E-state index contributed by atoms with van der Waals surface area (Å²) >= 11 is 0. The summed E-state index contributed by atoms with van der Waals surface area (Å²) in [5.41, 5.74) is 1.43. The predicted molar refractivity (Wildman–Crippen MR) is 86.0 cm³/mol. The summed E-state index contributed by atoms with van der Waals surface area (Å²) in [6.45, 7) is 10.4. The zero-order valence-corrected chi connectivity index (χ0v) is 13.2. The molecule has 0 saturated carbocycles. The lowest BCUT2D eigenvalue weighted by atomic mass is 10.0. The summed E-state index contributed by atoms with van der Waals surface area (Å²) in [4.78, 5) is 5.25. The second-order valence-electron chi connectivity index (χ2n) is 5.81. The summed E-state index contributed by atoms with van der Waals surface area (Å²) in [7, 11) is 2.05. The predicted octanol–water partition coefficient (Wildman–Crippen LogP) is 2.36. The molecule has 1 fully saturated rings. The summed E-state index contributed by atoms with van der Waals surface area (Å²) in [5.74, 6) is 0. The van der Waals surface area contributed by atoms with Crippen molar-refractivity contribution < 1.29 is 0 Å². The minimum atomic E-state index is 0.500. The number of piperazine rings is 1. The van der Waals surface area contributed by atoms with Crippen molar-refractivity contribution >= 4 is 0 Å². The molecular formula is C17H29N3. The Morgan fingerprint density at radius 3 is 2.20 bits per heavy atom. The molecule has 0 aromatic heterocycles. The summed E-state index contributed by atoms with van der Waals surface area (Å²) in [6.07, 6.45) is 1.25. The lowest BCUT2D eigenvalue weighted by Crippen LogP contribution is -2.51. The molecule has 112 valence electrons. The molecule has 1 N–H and O–H groups in total. The normalized spacial score (nSPS) is 20.8. The van der Waals surface area contributed by atoms with E-state index in [0.29, 0.717) is 6.04 Å². The number of benzene rings is 1. The van der Waals surface area contributed by atoms with E-state index >= 15 is 0 Å². The van der Waals surface area contributed by atoms with Crippen molar-refractivity contribution in [3.63, 3.8) is 0 Å². The maximum atomic E-state index is 3.35. The van der Waals surface area contributed by atoms with E-state index in [4.69, 9.17) is 0 Å². The SMILES string of the molecule is CCC(C)N1CCN(C(CNC)c2ccccc2)CC1. The number of likely N-dealkylation sites (N-methyl/N-ethyl adjacent to an activating group) is 1. The van der Waals surface area contributed by atoms with Gasteiger partial charge in [-0.15, -0.1) is 0 Å². The highest BCUT2D eigenvalue weighted by atomic mass is 15.3. The van der Waals surface area contributed by atoms with Gasteiger partial charge in [-0.05, 0) is 26.0 Å². The summed E-state index contributed by atoms with van der Waals surface area (Å²) < 4.78 is 0. The Labute approximate surface area is 124 Å². The van der Waals surface area contributed by atoms with Crippen molar-refractivity contribution in [2.24, 2.45) is 0 Å². The lowest BCUT2D eigenvalue weighted by molar-refractivity contribution is 0.0723. The summed E-state index contributed by atoms with van der Waals surface area (Å²) in [5, 5.41) is 3.35. The number of hydrogen-bond acceptors (Lipinski definition) is 3. The highest BCUT2D eigenvalue weighted by Crippen LogP contribution is 2.22. The zero-order valence-electron chi connectivity index (χ0n) is 13.2. The molecule has 1 saturated heterocycles. The Balaban J connectivity index is 1.98. The second-order valence-corrected chi connectivity index (χ2v) is 5.81. The van der Waals surface area contributed by atoms with Gasteiger partial charge >= 0.3 is 0 Å². The zero-order chi connectivity index (χ0) is 14.4. The lowest BCUT2D eigenvalue weighted by Gasteiger charge is -2.41. The van der Waals surface area contributed by atoms with Crippen molar-refractivity contribution in [1.29, 1.82) is 0 Å². The molecule has 0 bridgehead atoms. The van der Waals surface area contributed by atoms with Gasteiger partial charge in [-0.2, -0.15) is 0 Å². The molecule has 0 radical (unpaired) electrons. The van der Waals surface area contributed by atoms with E-state index in [0.717, 1.165) is 12.6 Å². The van der Waals surface area contributed by atoms with Crippen LogP contribution < -0.4 is 5.32 Å². The molecule has 1 aliphatic heterocycles. The Morgan fingerprint density at radius 1 is 1.05 bits per heavy atom. The van der Waals surface area contributed by atoms with E-state index in [-0.39, 0.29) is 0 Å². The highest BCUT2D eigenvalue weighted by Gasteiger charge is 2.25. The van der Waals surface area contributed by atoms with E-state index in [2.05, 4.69) is 59.3 Å². The Hall–Kier alpha value is -0.900. The van der Waals surface area contributed by atoms with E-state index in [1.165, 1.54) is 38.2 Å². The van der Waals surface area contributed by atoms with Crippen LogP contribution in [0.3, 0.4) is 0 Å². The fourth-order valence-electron chi connectivity index (χ4n) is 3.07. The van der Waals surface area contributed by atoms with Gasteiger partial charge in [-0.1, -0.05) is 37.3 Å². The molecule has 1 aromatic rings. The third-order valence-corrected chi connectivity index (χ3v) is 4.59. The van der Waals surface area contributed by atoms with E-state index in [1.54, 1.807) is 0 Å². The molecule has 3 heteroatoms. The molecule has 1 aromatic carbocycles. The van der Waals surface area contributed by atoms with Gasteiger partial charge in [0, 0.05) is 44.8 Å². The first-order chi connectivity index (χ1) is 9.76. The van der Waals surface area contributed by atoms with Gasteiger partial charge in [0.2, 0.25) is 0 Å². The first kappa shape index (κ1) is 15.5. The van der Waals surface area contributed by atoms with Crippen LogP contribution in [0.1, 0.15) is 31.9 Å². The Kier molecular flexibility index (Phi) is 6.02. The van der Waals surface area contributed by atoms with Crippen LogP contribution in [0.2, 0.25) is 0 Å². The van der Waals surface area contributed by atoms with E-state index in [9.17, 15) is 0 Å². The van der Waals surface area contributed by atoms with Crippen molar-refractivity contribution in [3.05, 3.63) is 35.9 Å². The molecule has 2 rings (SSSR count). The molecule has 2 atom stereocenters. The molecule has 1 aliphatic rings. The van der Waals surface area contributed by atoms with Crippen LogP contribution in [0.4, 0.5) is 0 Å². The molecule has 2 unspecified atom stereocenters. The minimum Gasteiger partial charge on any atom is -0.318 e. The van der Waals surface area contributed by atoms with Crippen LogP contribution in [-0.2, 0) is 0 Å². The quantitative estimate of drug-likeness (QED) is 0.860. The molecule has 1 heterocycles. The first-order valence-electron chi connectivity index (χ1n) is 7.94. The molecular weight excluding hydrogens is 246 g/mol. The molecule has 0 amide bonds. The maximum Gasteiger partial charge on any atom is 0.0473 e. The van der Waals surface area contributed by atoms with Gasteiger partial charge in [0.05, 0.1) is 0 Å². The fourth-order valence-corrected chi connectivity index (χ4v) is 3.07. The van der Waals surface area contributed by atoms with Crippen LogP contribution in [0.25, 0.3) is 0 Å². The molecule has 0 spiro atoms. The van der Waals surface area contributed by atoms with Crippen molar-refractivity contribution in [1.82, 2.24) is 15.1 Å². The molecule has 3 nitrogen and oxygen atoms in total.